The summed E-state index contributed by atoms with van der Waals surface area (Å²) in [4.78, 5) is 10.3. The molecule has 0 amide bonds. The van der Waals surface area contributed by atoms with Crippen LogP contribution in [-0.2, 0) is 0 Å². The van der Waals surface area contributed by atoms with Crippen molar-refractivity contribution in [3.05, 3.63) is 211 Å². The van der Waals surface area contributed by atoms with Crippen LogP contribution in [0.4, 0.5) is 0 Å². The first-order valence-corrected chi connectivity index (χ1v) is 19.7. The SMILES string of the molecule is c1ccc(C2=NC(c3ccc4c(c3)oc3ccc(-n5c6ccc7ccccc7c6c6c7ccccc7ccc65)cc34)=NC(c3ccc(-c4ccccc4)cc3)N2)cc1. The standard InChI is InChI=1S/C53H34N4O/c1-3-11-33(12-4-1)34-19-21-38(22-20-34)52-54-51(37-15-5-2-6-16-37)55-53(56-52)39-23-27-43-44-32-40(26-30-47(44)58-48(43)31-39)57-45-28-24-35-13-7-9-17-41(35)49(45)50-42-18-10-8-14-36(42)25-29-46(50)57/h1-32,52H,(H,54,55,56). The molecule has 1 aliphatic heterocycles. The average molecular weight is 743 g/mol. The lowest BCUT2D eigenvalue weighted by molar-refractivity contribution is 0.667. The molecule has 0 bridgehead atoms. The number of hydrogen-bond donors (Lipinski definition) is 1. The number of amidine groups is 2. The van der Waals surface area contributed by atoms with Gasteiger partial charge in [0, 0.05) is 38.4 Å². The van der Waals surface area contributed by atoms with Crippen molar-refractivity contribution in [2.75, 3.05) is 0 Å². The summed E-state index contributed by atoms with van der Waals surface area (Å²) >= 11 is 0. The second-order valence-corrected chi connectivity index (χ2v) is 15.0. The molecule has 3 heterocycles. The van der Waals surface area contributed by atoms with E-state index < -0.39 is 0 Å². The number of rotatable bonds is 5. The second kappa shape index (κ2) is 12.9. The number of nitrogens with one attached hydrogen (secondary N) is 1. The molecule has 12 rings (SSSR count). The molecule has 1 aliphatic rings. The van der Waals surface area contributed by atoms with Gasteiger partial charge in [-0.05, 0) is 80.7 Å². The largest absolute Gasteiger partial charge is 0.456 e. The van der Waals surface area contributed by atoms with Gasteiger partial charge in [0.25, 0.3) is 0 Å². The maximum Gasteiger partial charge on any atom is 0.159 e. The Balaban J connectivity index is 0.982. The minimum Gasteiger partial charge on any atom is -0.456 e. The van der Waals surface area contributed by atoms with Gasteiger partial charge in [0.15, 0.2) is 5.84 Å². The maximum atomic E-state index is 6.60. The summed E-state index contributed by atoms with van der Waals surface area (Å²) in [6, 6.07) is 68.6. The quantitative estimate of drug-likeness (QED) is 0.191. The van der Waals surface area contributed by atoms with Crippen molar-refractivity contribution in [1.29, 1.82) is 0 Å². The van der Waals surface area contributed by atoms with Gasteiger partial charge >= 0.3 is 0 Å². The van der Waals surface area contributed by atoms with Crippen molar-refractivity contribution >= 4 is 77.0 Å². The Labute approximate surface area is 333 Å². The van der Waals surface area contributed by atoms with Gasteiger partial charge in [0.05, 0.1) is 11.0 Å². The third kappa shape index (κ3) is 5.17. The zero-order valence-corrected chi connectivity index (χ0v) is 31.3. The highest BCUT2D eigenvalue weighted by molar-refractivity contribution is 6.28. The molecule has 0 aliphatic carbocycles. The Kier molecular flexibility index (Phi) is 7.23. The lowest BCUT2D eigenvalue weighted by Crippen LogP contribution is -2.33. The highest BCUT2D eigenvalue weighted by atomic mass is 16.3. The Morgan fingerprint density at radius 3 is 1.74 bits per heavy atom. The summed E-state index contributed by atoms with van der Waals surface area (Å²) < 4.78 is 9.01. The molecule has 9 aromatic carbocycles. The third-order valence-corrected chi connectivity index (χ3v) is 11.6. The summed E-state index contributed by atoms with van der Waals surface area (Å²) in [5.74, 6) is 1.44. The second-order valence-electron chi connectivity index (χ2n) is 15.0. The van der Waals surface area contributed by atoms with Crippen LogP contribution in [0.5, 0.6) is 0 Å². The topological polar surface area (TPSA) is 54.8 Å². The molecule has 11 aromatic rings. The minimum atomic E-state index is -0.318. The summed E-state index contributed by atoms with van der Waals surface area (Å²) in [5, 5.41) is 13.2. The van der Waals surface area contributed by atoms with E-state index in [0.717, 1.165) is 50.2 Å². The van der Waals surface area contributed by atoms with E-state index in [1.165, 1.54) is 54.5 Å². The van der Waals surface area contributed by atoms with E-state index in [9.17, 15) is 0 Å². The summed E-state index contributed by atoms with van der Waals surface area (Å²) in [6.07, 6.45) is -0.318. The molecular weight excluding hydrogens is 709 g/mol. The van der Waals surface area contributed by atoms with Gasteiger partial charge in [-0.25, -0.2) is 9.98 Å². The molecular formula is C53H34N4O. The molecule has 272 valence electrons. The molecule has 0 spiro atoms. The average Bonchev–Trinajstić information content (AvgIpc) is 3.85. The predicted octanol–water partition coefficient (Wildman–Crippen LogP) is 13.2. The Bertz CT molecular complexity index is 3370. The Morgan fingerprint density at radius 2 is 1.05 bits per heavy atom. The van der Waals surface area contributed by atoms with Crippen LogP contribution in [0, 0.1) is 0 Å². The molecule has 0 saturated heterocycles. The van der Waals surface area contributed by atoms with Gasteiger partial charge < -0.3 is 14.3 Å². The van der Waals surface area contributed by atoms with Gasteiger partial charge in [-0.3, -0.25) is 0 Å². The van der Waals surface area contributed by atoms with Crippen LogP contribution >= 0.6 is 0 Å². The molecule has 5 nitrogen and oxygen atoms in total. The third-order valence-electron chi connectivity index (χ3n) is 11.6. The normalized spacial score (nSPS) is 14.4. The van der Waals surface area contributed by atoms with Crippen molar-refractivity contribution in [2.45, 2.75) is 6.17 Å². The fourth-order valence-corrected chi connectivity index (χ4v) is 8.85. The lowest BCUT2D eigenvalue weighted by Gasteiger charge is -2.24. The van der Waals surface area contributed by atoms with E-state index in [2.05, 4.69) is 180 Å². The summed E-state index contributed by atoms with van der Waals surface area (Å²) in [5.41, 5.74) is 10.4. The molecule has 0 radical (unpaired) electrons. The Hall–Kier alpha value is -7.76. The molecule has 58 heavy (non-hydrogen) atoms. The highest BCUT2D eigenvalue weighted by Crippen LogP contribution is 2.41. The zero-order valence-electron chi connectivity index (χ0n) is 31.3. The van der Waals surface area contributed by atoms with Crippen LogP contribution < -0.4 is 5.32 Å². The van der Waals surface area contributed by atoms with Gasteiger partial charge in [-0.15, -0.1) is 0 Å². The van der Waals surface area contributed by atoms with Gasteiger partial charge in [-0.2, -0.15) is 0 Å². The van der Waals surface area contributed by atoms with E-state index in [1.54, 1.807) is 0 Å². The fraction of sp³-hybridized carbons (Fsp3) is 0.0189. The molecule has 1 atom stereocenters. The molecule has 1 unspecified atom stereocenters. The number of furan rings is 1. The van der Waals surface area contributed by atoms with E-state index in [0.29, 0.717) is 5.84 Å². The summed E-state index contributed by atoms with van der Waals surface area (Å²) in [7, 11) is 0. The molecule has 5 heteroatoms. The summed E-state index contributed by atoms with van der Waals surface area (Å²) in [6.45, 7) is 0. The van der Waals surface area contributed by atoms with Crippen LogP contribution in [0.1, 0.15) is 22.9 Å². The van der Waals surface area contributed by atoms with E-state index in [-0.39, 0.29) is 6.17 Å². The molecule has 2 aromatic heterocycles. The van der Waals surface area contributed by atoms with Crippen LogP contribution in [0.25, 0.3) is 82.1 Å². The zero-order chi connectivity index (χ0) is 38.2. The van der Waals surface area contributed by atoms with Crippen molar-refractivity contribution in [1.82, 2.24) is 9.88 Å². The smallest absolute Gasteiger partial charge is 0.159 e. The number of benzene rings is 9. The minimum absolute atomic E-state index is 0.318. The van der Waals surface area contributed by atoms with Gasteiger partial charge in [-0.1, -0.05) is 152 Å². The van der Waals surface area contributed by atoms with Crippen LogP contribution in [0.15, 0.2) is 209 Å². The fourth-order valence-electron chi connectivity index (χ4n) is 8.85. The number of hydrogen-bond acceptors (Lipinski definition) is 4. The number of aliphatic imine (C=N–C) groups is 2. The van der Waals surface area contributed by atoms with E-state index in [1.807, 2.05) is 24.3 Å². The maximum absolute atomic E-state index is 6.60. The number of aromatic nitrogens is 1. The van der Waals surface area contributed by atoms with E-state index in [4.69, 9.17) is 14.4 Å². The van der Waals surface area contributed by atoms with Crippen molar-refractivity contribution in [2.24, 2.45) is 9.98 Å². The number of fused-ring (bicyclic) bond motifs is 10. The first kappa shape index (κ1) is 32.5. The van der Waals surface area contributed by atoms with Gasteiger partial charge in [0.1, 0.15) is 23.2 Å². The van der Waals surface area contributed by atoms with E-state index >= 15 is 0 Å². The molecule has 1 N–H and O–H groups in total. The van der Waals surface area contributed by atoms with Crippen LogP contribution in [0.2, 0.25) is 0 Å². The first-order valence-electron chi connectivity index (χ1n) is 19.7. The lowest BCUT2D eigenvalue weighted by atomic mass is 10.00. The highest BCUT2D eigenvalue weighted by Gasteiger charge is 2.23. The van der Waals surface area contributed by atoms with Crippen molar-refractivity contribution in [3.63, 3.8) is 0 Å². The Morgan fingerprint density at radius 1 is 0.448 bits per heavy atom. The first-order chi connectivity index (χ1) is 28.7. The van der Waals surface area contributed by atoms with Gasteiger partial charge in [0.2, 0.25) is 0 Å². The van der Waals surface area contributed by atoms with Crippen LogP contribution in [-0.4, -0.2) is 16.2 Å². The van der Waals surface area contributed by atoms with Crippen molar-refractivity contribution in [3.8, 4) is 16.8 Å². The number of nitrogens with zero attached hydrogens (tertiary/aromatic N) is 3. The predicted molar refractivity (Wildman–Crippen MR) is 240 cm³/mol. The van der Waals surface area contributed by atoms with Crippen molar-refractivity contribution < 1.29 is 4.42 Å². The van der Waals surface area contributed by atoms with Crippen LogP contribution in [0.3, 0.4) is 0 Å². The molecule has 0 saturated carbocycles. The monoisotopic (exact) mass is 742 g/mol. The molecule has 0 fully saturated rings.